The van der Waals surface area contributed by atoms with E-state index < -0.39 is 34.7 Å². The van der Waals surface area contributed by atoms with Crippen LogP contribution in [0.4, 0.5) is 8.78 Å². The number of amides is 1. The highest BCUT2D eigenvalue weighted by molar-refractivity contribution is 6.41. The van der Waals surface area contributed by atoms with E-state index in [4.69, 9.17) is 9.15 Å². The number of esters is 1. The van der Waals surface area contributed by atoms with Crippen LogP contribution in [0.25, 0.3) is 0 Å². The van der Waals surface area contributed by atoms with Gasteiger partial charge in [-0.3, -0.25) is 14.4 Å². The van der Waals surface area contributed by atoms with Gasteiger partial charge in [0.1, 0.15) is 11.6 Å². The highest BCUT2D eigenvalue weighted by Crippen LogP contribution is 2.36. The molecule has 0 spiro atoms. The molecular formula is C21H21F2NO5. The molecule has 0 N–H and O–H groups in total. The summed E-state index contributed by atoms with van der Waals surface area (Å²) in [5.41, 5.74) is -1.09. The first-order valence-electron chi connectivity index (χ1n) is 9.34. The number of likely N-dealkylation sites (tertiary alicyclic amines) is 1. The van der Waals surface area contributed by atoms with Crippen LogP contribution >= 0.6 is 0 Å². The van der Waals surface area contributed by atoms with E-state index in [2.05, 4.69) is 0 Å². The maximum absolute atomic E-state index is 14.3. The van der Waals surface area contributed by atoms with Crippen molar-refractivity contribution < 1.29 is 32.3 Å². The van der Waals surface area contributed by atoms with Gasteiger partial charge < -0.3 is 14.1 Å². The van der Waals surface area contributed by atoms with Crippen LogP contribution in [0, 0.1) is 17.0 Å². The lowest BCUT2D eigenvalue weighted by atomic mass is 9.74. The molecule has 2 aromatic rings. The van der Waals surface area contributed by atoms with Crippen molar-refractivity contribution in [1.29, 1.82) is 0 Å². The summed E-state index contributed by atoms with van der Waals surface area (Å²) in [6.07, 6.45) is 1.99. The second-order valence-corrected chi connectivity index (χ2v) is 7.05. The monoisotopic (exact) mass is 405 g/mol. The Kier molecular flexibility index (Phi) is 6.10. The van der Waals surface area contributed by atoms with Crippen molar-refractivity contribution >= 4 is 17.7 Å². The van der Waals surface area contributed by atoms with Crippen LogP contribution in [0.5, 0.6) is 0 Å². The van der Waals surface area contributed by atoms with Gasteiger partial charge in [-0.25, -0.2) is 8.78 Å². The summed E-state index contributed by atoms with van der Waals surface area (Å²) >= 11 is 0. The minimum Gasteiger partial charge on any atom is -0.466 e. The second kappa shape index (κ2) is 8.55. The minimum absolute atomic E-state index is 0.0727. The van der Waals surface area contributed by atoms with Gasteiger partial charge in [-0.1, -0.05) is 6.07 Å². The number of nitrogens with zero attached hydrogens (tertiary/aromatic N) is 1. The molecule has 0 unspecified atom stereocenters. The fourth-order valence-corrected chi connectivity index (χ4v) is 3.66. The van der Waals surface area contributed by atoms with Crippen LogP contribution < -0.4 is 0 Å². The number of ketones is 1. The van der Waals surface area contributed by atoms with Gasteiger partial charge in [0.25, 0.3) is 11.7 Å². The van der Waals surface area contributed by atoms with E-state index in [1.807, 2.05) is 0 Å². The summed E-state index contributed by atoms with van der Waals surface area (Å²) in [7, 11) is 0. The molecule has 1 aromatic heterocycles. The number of hydrogen-bond donors (Lipinski definition) is 0. The molecule has 0 bridgehead atoms. The first-order valence-corrected chi connectivity index (χ1v) is 9.34. The molecule has 1 aromatic carbocycles. The molecule has 1 fully saturated rings. The number of rotatable bonds is 6. The van der Waals surface area contributed by atoms with Gasteiger partial charge in [-0.05, 0) is 49.9 Å². The maximum Gasteiger partial charge on any atom is 0.314 e. The van der Waals surface area contributed by atoms with Crippen molar-refractivity contribution in [2.24, 2.45) is 5.41 Å². The Morgan fingerprint density at radius 1 is 1.24 bits per heavy atom. The van der Waals surface area contributed by atoms with E-state index >= 15 is 0 Å². The average molecular weight is 405 g/mol. The highest BCUT2D eigenvalue weighted by Gasteiger charge is 2.46. The zero-order chi connectivity index (χ0) is 21.0. The Bertz CT molecular complexity index is 912. The number of piperidine rings is 1. The first kappa shape index (κ1) is 20.7. The summed E-state index contributed by atoms with van der Waals surface area (Å²) in [6.45, 7) is 1.94. The van der Waals surface area contributed by atoms with Crippen LogP contribution in [-0.4, -0.2) is 42.3 Å². The second-order valence-electron chi connectivity index (χ2n) is 7.05. The van der Waals surface area contributed by atoms with Crippen molar-refractivity contribution in [3.8, 4) is 0 Å². The van der Waals surface area contributed by atoms with E-state index in [1.165, 1.54) is 29.4 Å². The van der Waals surface area contributed by atoms with Gasteiger partial charge in [0.15, 0.2) is 5.76 Å². The molecule has 3 rings (SSSR count). The van der Waals surface area contributed by atoms with Crippen LogP contribution in [0.3, 0.4) is 0 Å². The summed E-state index contributed by atoms with van der Waals surface area (Å²) in [5.74, 6) is -3.78. The quantitative estimate of drug-likeness (QED) is 0.419. The SMILES string of the molecule is CCOC(=O)[C@]1(Cc2ccc(F)cc2F)CCCN(C(=O)C(=O)c2ccco2)C1. The Morgan fingerprint density at radius 3 is 2.69 bits per heavy atom. The van der Waals surface area contributed by atoms with Gasteiger partial charge >= 0.3 is 5.97 Å². The number of furan rings is 1. The molecule has 0 radical (unpaired) electrons. The van der Waals surface area contributed by atoms with Gasteiger partial charge in [0.05, 0.1) is 18.3 Å². The summed E-state index contributed by atoms with van der Waals surface area (Å²) in [6, 6.07) is 6.03. The highest BCUT2D eigenvalue weighted by atomic mass is 19.1. The van der Waals surface area contributed by atoms with Crippen molar-refractivity contribution in [3.63, 3.8) is 0 Å². The molecule has 1 aliphatic rings. The lowest BCUT2D eigenvalue weighted by molar-refractivity contribution is -0.160. The van der Waals surface area contributed by atoms with Crippen molar-refractivity contribution in [2.75, 3.05) is 19.7 Å². The summed E-state index contributed by atoms with van der Waals surface area (Å²) in [5, 5.41) is 0. The number of hydrogen-bond acceptors (Lipinski definition) is 5. The predicted molar refractivity (Wildman–Crippen MR) is 98.0 cm³/mol. The Labute approximate surface area is 166 Å². The molecule has 0 saturated carbocycles. The molecular weight excluding hydrogens is 384 g/mol. The zero-order valence-electron chi connectivity index (χ0n) is 16.0. The first-order chi connectivity index (χ1) is 13.9. The molecule has 1 atom stereocenters. The Balaban J connectivity index is 1.88. The normalized spacial score (nSPS) is 19.1. The molecule has 2 heterocycles. The minimum atomic E-state index is -1.23. The number of ether oxygens (including phenoxy) is 1. The Hall–Kier alpha value is -3.03. The molecule has 29 heavy (non-hydrogen) atoms. The van der Waals surface area contributed by atoms with Crippen molar-refractivity contribution in [2.45, 2.75) is 26.2 Å². The zero-order valence-corrected chi connectivity index (χ0v) is 16.0. The number of Topliss-reactive ketones (excluding diaryl/α,β-unsaturated/α-hetero) is 1. The Morgan fingerprint density at radius 2 is 2.03 bits per heavy atom. The fourth-order valence-electron chi connectivity index (χ4n) is 3.66. The summed E-state index contributed by atoms with van der Waals surface area (Å²) < 4.78 is 37.7. The number of carbonyl (C=O) groups excluding carboxylic acids is 3. The summed E-state index contributed by atoms with van der Waals surface area (Å²) in [4.78, 5) is 39.1. The number of benzene rings is 1. The van der Waals surface area contributed by atoms with E-state index in [9.17, 15) is 23.2 Å². The van der Waals surface area contributed by atoms with E-state index in [1.54, 1.807) is 6.92 Å². The number of carbonyl (C=O) groups is 3. The van der Waals surface area contributed by atoms with E-state index in [0.29, 0.717) is 12.8 Å². The van der Waals surface area contributed by atoms with Gasteiger partial charge in [0.2, 0.25) is 0 Å². The maximum atomic E-state index is 14.3. The van der Waals surface area contributed by atoms with Crippen molar-refractivity contribution in [1.82, 2.24) is 4.90 Å². The molecule has 1 amide bonds. The predicted octanol–water partition coefficient (Wildman–Crippen LogP) is 3.16. The lowest BCUT2D eigenvalue weighted by Gasteiger charge is -2.40. The average Bonchev–Trinajstić information content (AvgIpc) is 3.24. The van der Waals surface area contributed by atoms with E-state index in [-0.39, 0.29) is 37.4 Å². The van der Waals surface area contributed by atoms with Crippen LogP contribution in [0.2, 0.25) is 0 Å². The topological polar surface area (TPSA) is 76.8 Å². The number of halogens is 2. The van der Waals surface area contributed by atoms with Crippen molar-refractivity contribution in [3.05, 3.63) is 59.6 Å². The van der Waals surface area contributed by atoms with Gasteiger partial charge in [-0.15, -0.1) is 0 Å². The third-order valence-electron chi connectivity index (χ3n) is 5.06. The lowest BCUT2D eigenvalue weighted by Crippen LogP contribution is -2.53. The standard InChI is InChI=1S/C21H21F2NO5/c1-2-28-20(27)21(12-14-6-7-15(22)11-16(14)23)8-4-9-24(13-21)19(26)18(25)17-5-3-10-29-17/h3,5-7,10-11H,2,4,8-9,12-13H2,1H3/t21-/m0/s1. The van der Waals surface area contributed by atoms with Gasteiger partial charge in [-0.2, -0.15) is 0 Å². The fraction of sp³-hybridized carbons (Fsp3) is 0.381. The largest absolute Gasteiger partial charge is 0.466 e. The third-order valence-corrected chi connectivity index (χ3v) is 5.06. The molecule has 154 valence electrons. The third kappa shape index (κ3) is 4.36. The molecule has 0 aliphatic carbocycles. The molecule has 8 heteroatoms. The van der Waals surface area contributed by atoms with Crippen LogP contribution in [0.15, 0.2) is 41.0 Å². The van der Waals surface area contributed by atoms with Crippen LogP contribution in [0.1, 0.15) is 35.9 Å². The van der Waals surface area contributed by atoms with E-state index in [0.717, 1.165) is 12.1 Å². The molecule has 1 aliphatic heterocycles. The smallest absolute Gasteiger partial charge is 0.314 e. The van der Waals surface area contributed by atoms with Crippen LogP contribution in [-0.2, 0) is 20.7 Å². The molecule has 6 nitrogen and oxygen atoms in total. The van der Waals surface area contributed by atoms with Gasteiger partial charge in [0, 0.05) is 19.2 Å². The molecule has 1 saturated heterocycles.